The van der Waals surface area contributed by atoms with Crippen LogP contribution >= 0.6 is 0 Å². The molecule has 0 radical (unpaired) electrons. The molecule has 2 atom stereocenters. The Bertz CT molecular complexity index is 679. The normalized spacial score (nSPS) is 23.6. The minimum absolute atomic E-state index is 0.0493. The van der Waals surface area contributed by atoms with Crippen LogP contribution < -0.4 is 0 Å². The predicted molar refractivity (Wildman–Crippen MR) is 75.5 cm³/mol. The first-order chi connectivity index (χ1) is 9.46. The Morgan fingerprint density at radius 2 is 1.70 bits per heavy atom. The van der Waals surface area contributed by atoms with E-state index in [1.54, 1.807) is 6.92 Å². The minimum Gasteiger partial charge on any atom is -0.228 e. The number of hydrogen-bond donors (Lipinski definition) is 0. The fourth-order valence-electron chi connectivity index (χ4n) is 2.72. The molecule has 0 heterocycles. The molecule has 0 aromatic heterocycles. The van der Waals surface area contributed by atoms with Crippen LogP contribution in [0.2, 0.25) is 0 Å². The van der Waals surface area contributed by atoms with Gasteiger partial charge < -0.3 is 0 Å². The average Bonchev–Trinajstić information content (AvgIpc) is 3.18. The zero-order valence-electron chi connectivity index (χ0n) is 11.5. The molecule has 1 saturated carbocycles. The van der Waals surface area contributed by atoms with E-state index in [9.17, 15) is 18.9 Å². The molecule has 0 amide bonds. The molecule has 2 rings (SSSR count). The lowest BCUT2D eigenvalue weighted by Crippen LogP contribution is -2.15. The Labute approximate surface area is 119 Å². The fourth-order valence-corrected chi connectivity index (χ4v) is 4.60. The van der Waals surface area contributed by atoms with Gasteiger partial charge in [0.15, 0.2) is 15.3 Å². The van der Waals surface area contributed by atoms with Gasteiger partial charge in [0, 0.05) is 11.7 Å². The molecule has 1 aromatic rings. The van der Waals surface area contributed by atoms with Gasteiger partial charge in [0.1, 0.15) is 5.25 Å². The highest BCUT2D eigenvalue weighted by Crippen LogP contribution is 2.62. The number of benzene rings is 1. The van der Waals surface area contributed by atoms with E-state index in [1.807, 2.05) is 43.3 Å². The van der Waals surface area contributed by atoms with Gasteiger partial charge in [-0.15, -0.1) is 0 Å². The van der Waals surface area contributed by atoms with Crippen molar-refractivity contribution in [1.82, 2.24) is 0 Å². The van der Waals surface area contributed by atoms with Crippen molar-refractivity contribution in [2.45, 2.75) is 31.4 Å². The van der Waals surface area contributed by atoms with E-state index in [2.05, 4.69) is 0 Å². The number of hydrogen-bond acceptors (Lipinski definition) is 4. The van der Waals surface area contributed by atoms with E-state index in [0.717, 1.165) is 17.5 Å². The largest absolute Gasteiger partial charge is 0.228 e. The van der Waals surface area contributed by atoms with E-state index in [1.165, 1.54) is 0 Å². The molecule has 0 N–H and O–H groups in total. The smallest absolute Gasteiger partial charge is 0.169 e. The SMILES string of the molecule is CCc1ccc(C2C(S(=O)(=O)CC)C2(C#N)C#N)cc1. The lowest BCUT2D eigenvalue weighted by molar-refractivity contribution is 0.592. The highest BCUT2D eigenvalue weighted by molar-refractivity contribution is 7.92. The first-order valence-electron chi connectivity index (χ1n) is 6.59. The quantitative estimate of drug-likeness (QED) is 0.850. The second-order valence-electron chi connectivity index (χ2n) is 5.04. The number of sulfone groups is 1. The Morgan fingerprint density at radius 3 is 2.10 bits per heavy atom. The summed E-state index contributed by atoms with van der Waals surface area (Å²) in [6.07, 6.45) is 0.892. The molecule has 1 aliphatic carbocycles. The van der Waals surface area contributed by atoms with Gasteiger partial charge in [0.05, 0.1) is 12.1 Å². The summed E-state index contributed by atoms with van der Waals surface area (Å²) in [4.78, 5) is 0. The number of rotatable bonds is 4. The summed E-state index contributed by atoms with van der Waals surface area (Å²) in [5.41, 5.74) is 0.471. The van der Waals surface area contributed by atoms with Gasteiger partial charge in [-0.05, 0) is 17.5 Å². The van der Waals surface area contributed by atoms with Crippen molar-refractivity contribution < 1.29 is 8.42 Å². The van der Waals surface area contributed by atoms with Gasteiger partial charge in [0.2, 0.25) is 0 Å². The molecule has 0 saturated heterocycles. The molecule has 0 bridgehead atoms. The van der Waals surface area contributed by atoms with Crippen molar-refractivity contribution in [1.29, 1.82) is 10.5 Å². The Morgan fingerprint density at radius 1 is 1.15 bits per heavy atom. The molecule has 4 nitrogen and oxygen atoms in total. The van der Waals surface area contributed by atoms with Crippen molar-refractivity contribution in [2.24, 2.45) is 5.41 Å². The van der Waals surface area contributed by atoms with Crippen molar-refractivity contribution in [3.63, 3.8) is 0 Å². The van der Waals surface area contributed by atoms with Crippen molar-refractivity contribution >= 4 is 9.84 Å². The maximum atomic E-state index is 12.1. The van der Waals surface area contributed by atoms with Gasteiger partial charge in [-0.25, -0.2) is 8.42 Å². The maximum Gasteiger partial charge on any atom is 0.169 e. The van der Waals surface area contributed by atoms with Crippen LogP contribution in [0.15, 0.2) is 24.3 Å². The average molecular weight is 288 g/mol. The molecule has 20 heavy (non-hydrogen) atoms. The van der Waals surface area contributed by atoms with Crippen LogP contribution in [-0.4, -0.2) is 19.4 Å². The summed E-state index contributed by atoms with van der Waals surface area (Å²) < 4.78 is 24.2. The first kappa shape index (κ1) is 14.6. The van der Waals surface area contributed by atoms with Crippen LogP contribution in [0.25, 0.3) is 0 Å². The van der Waals surface area contributed by atoms with Crippen LogP contribution in [0, 0.1) is 28.1 Å². The zero-order chi connectivity index (χ0) is 15.0. The van der Waals surface area contributed by atoms with Crippen LogP contribution in [-0.2, 0) is 16.3 Å². The van der Waals surface area contributed by atoms with Gasteiger partial charge in [0.25, 0.3) is 0 Å². The minimum atomic E-state index is -3.41. The summed E-state index contributed by atoms with van der Waals surface area (Å²) in [6.45, 7) is 3.58. The third-order valence-electron chi connectivity index (χ3n) is 4.04. The summed E-state index contributed by atoms with van der Waals surface area (Å²) in [6, 6.07) is 11.4. The number of aryl methyl sites for hydroxylation is 1. The Kier molecular flexibility index (Phi) is 3.58. The second kappa shape index (κ2) is 4.92. The maximum absolute atomic E-state index is 12.1. The van der Waals surface area contributed by atoms with Gasteiger partial charge in [-0.2, -0.15) is 10.5 Å². The molecular weight excluding hydrogens is 272 g/mol. The molecule has 2 unspecified atom stereocenters. The van der Waals surface area contributed by atoms with Crippen molar-refractivity contribution in [2.75, 3.05) is 5.75 Å². The number of nitriles is 2. The van der Waals surface area contributed by atoms with Crippen molar-refractivity contribution in [3.05, 3.63) is 35.4 Å². The summed E-state index contributed by atoms with van der Waals surface area (Å²) in [5, 5.41) is 17.7. The third kappa shape index (κ3) is 1.99. The fraction of sp³-hybridized carbons (Fsp3) is 0.467. The first-order valence-corrected chi connectivity index (χ1v) is 8.31. The second-order valence-corrected chi connectivity index (χ2v) is 7.45. The van der Waals surface area contributed by atoms with Gasteiger partial charge in [-0.3, -0.25) is 0 Å². The number of nitrogens with zero attached hydrogens (tertiary/aromatic N) is 2. The lowest BCUT2D eigenvalue weighted by atomic mass is 10.0. The van der Waals surface area contributed by atoms with Crippen LogP contribution in [0.3, 0.4) is 0 Å². The standard InChI is InChI=1S/C15H16N2O2S/c1-3-11-5-7-12(8-6-11)13-14(20(18,19)4-2)15(13,9-16)10-17/h5-8,13-14H,3-4H2,1-2H3. The van der Waals surface area contributed by atoms with Crippen LogP contribution in [0.1, 0.15) is 30.9 Å². The molecule has 1 aromatic carbocycles. The van der Waals surface area contributed by atoms with Crippen LogP contribution in [0.4, 0.5) is 0 Å². The zero-order valence-corrected chi connectivity index (χ0v) is 12.3. The Hall–Kier alpha value is -1.85. The van der Waals surface area contributed by atoms with E-state index in [0.29, 0.717) is 0 Å². The monoisotopic (exact) mass is 288 g/mol. The predicted octanol–water partition coefficient (Wildman–Crippen LogP) is 2.18. The molecule has 1 aliphatic rings. The van der Waals surface area contributed by atoms with E-state index >= 15 is 0 Å². The molecule has 0 spiro atoms. The highest BCUT2D eigenvalue weighted by Gasteiger charge is 2.72. The van der Waals surface area contributed by atoms with E-state index in [-0.39, 0.29) is 5.75 Å². The molecule has 104 valence electrons. The summed E-state index contributed by atoms with van der Waals surface area (Å²) in [5.74, 6) is -0.583. The highest BCUT2D eigenvalue weighted by atomic mass is 32.2. The Balaban J connectivity index is 2.45. The molecule has 1 fully saturated rings. The topological polar surface area (TPSA) is 81.7 Å². The molecule has 5 heteroatoms. The molecule has 0 aliphatic heterocycles. The van der Waals surface area contributed by atoms with Crippen LogP contribution in [0.5, 0.6) is 0 Å². The third-order valence-corrected chi connectivity index (χ3v) is 6.26. The van der Waals surface area contributed by atoms with Crippen molar-refractivity contribution in [3.8, 4) is 12.1 Å². The summed E-state index contributed by atoms with van der Waals surface area (Å²) in [7, 11) is -3.41. The van der Waals surface area contributed by atoms with E-state index < -0.39 is 26.4 Å². The van der Waals surface area contributed by atoms with Gasteiger partial charge >= 0.3 is 0 Å². The molecular formula is C15H16N2O2S. The van der Waals surface area contributed by atoms with Gasteiger partial charge in [-0.1, -0.05) is 38.1 Å². The lowest BCUT2D eigenvalue weighted by Gasteiger charge is -2.02. The van der Waals surface area contributed by atoms with E-state index in [4.69, 9.17) is 0 Å². The summed E-state index contributed by atoms with van der Waals surface area (Å²) >= 11 is 0.